The summed E-state index contributed by atoms with van der Waals surface area (Å²) in [7, 11) is 0. The Morgan fingerprint density at radius 3 is 1.00 bits per heavy atom. The smallest absolute Gasteiger partial charge is 0.109 e. The van der Waals surface area contributed by atoms with Crippen LogP contribution in [0.5, 0.6) is 0 Å². The second-order valence-corrected chi connectivity index (χ2v) is 23.4. The van der Waals surface area contributed by atoms with Gasteiger partial charge in [-0.25, -0.2) is 12.2 Å². The summed E-state index contributed by atoms with van der Waals surface area (Å²) in [5, 5.41) is 5.57. The second-order valence-electron chi connectivity index (χ2n) is 22.1. The van der Waals surface area contributed by atoms with Gasteiger partial charge in [-0.1, -0.05) is 117 Å². The molecular weight excluding hydrogens is 823 g/mol. The summed E-state index contributed by atoms with van der Waals surface area (Å²) < 4.78 is 1.42. The zero-order chi connectivity index (χ0) is 42.2. The van der Waals surface area contributed by atoms with Crippen molar-refractivity contribution in [3.05, 3.63) is 148 Å². The summed E-state index contributed by atoms with van der Waals surface area (Å²) in [5.74, 6) is 0. The molecule has 0 saturated heterocycles. The molecule has 0 atom stereocenters. The van der Waals surface area contributed by atoms with Gasteiger partial charge in [-0.05, 0) is 21.7 Å². The fourth-order valence-electron chi connectivity index (χ4n) is 7.37. The van der Waals surface area contributed by atoms with E-state index in [1.165, 1.54) is 93.5 Å². The maximum Gasteiger partial charge on any atom is -0.109 e. The minimum atomic E-state index is 0. The summed E-state index contributed by atoms with van der Waals surface area (Å²) in [6.07, 6.45) is 10.0. The van der Waals surface area contributed by atoms with Gasteiger partial charge in [-0.3, -0.25) is 6.08 Å². The Labute approximate surface area is 382 Å². The largest absolute Gasteiger partial charge is 0.273 e. The molecule has 58 heavy (non-hydrogen) atoms. The van der Waals surface area contributed by atoms with Crippen LogP contribution in [-0.2, 0) is 56.7 Å². The predicted octanol–water partition coefficient (Wildman–Crippen LogP) is 16.4. The topological polar surface area (TPSA) is 0 Å². The average molecular weight is 897 g/mol. The molecule has 0 aromatic heterocycles. The third-order valence-electron chi connectivity index (χ3n) is 10.9. The number of halogens is 2. The molecule has 0 fully saturated rings. The van der Waals surface area contributed by atoms with E-state index in [0.717, 1.165) is 6.42 Å². The van der Waals surface area contributed by atoms with Crippen molar-refractivity contribution in [2.45, 2.75) is 164 Å². The summed E-state index contributed by atoms with van der Waals surface area (Å²) >= 11 is 1.46. The van der Waals surface area contributed by atoms with Gasteiger partial charge in [0, 0.05) is 0 Å². The Morgan fingerprint density at radius 1 is 0.466 bits per heavy atom. The molecule has 0 saturated carbocycles. The van der Waals surface area contributed by atoms with Crippen molar-refractivity contribution in [3.63, 3.8) is 0 Å². The van der Waals surface area contributed by atoms with Gasteiger partial charge in [0.25, 0.3) is 0 Å². The molecule has 0 nitrogen and oxygen atoms in total. The van der Waals surface area contributed by atoms with Crippen LogP contribution in [0.15, 0.2) is 97.1 Å². The third-order valence-corrected chi connectivity index (χ3v) is 12.3. The summed E-state index contributed by atoms with van der Waals surface area (Å²) in [5.41, 5.74) is 12.3. The number of rotatable bonds is 2. The third kappa shape index (κ3) is 13.0. The molecule has 6 rings (SSSR count). The van der Waals surface area contributed by atoms with E-state index in [2.05, 4.69) is 216 Å². The minimum Gasteiger partial charge on any atom is -0.273 e. The minimum absolute atomic E-state index is 0. The zero-order valence-corrected chi connectivity index (χ0v) is 43.4. The maximum absolute atomic E-state index is 2.99. The molecule has 0 spiro atoms. The molecule has 1 aliphatic carbocycles. The van der Waals surface area contributed by atoms with Gasteiger partial charge in [0.05, 0.1) is 0 Å². The Kier molecular flexibility index (Phi) is 17.0. The van der Waals surface area contributed by atoms with Crippen LogP contribution in [0.2, 0.25) is 0 Å². The molecule has 0 bridgehead atoms. The SMILES string of the molecule is CC(C)(C)c1cc2[cH-]c3cc(C(C)(C)C)c(C(C)(C)C)cc3c2cc1C(C)(C)C.CC(C)(C)c1ccc([C](=[Zr+2])c2ccc(C(C)(C)C)cc2)cc1.Cl.Cl.[C-]1=CC=CC1. The van der Waals surface area contributed by atoms with Crippen LogP contribution < -0.4 is 0 Å². The Morgan fingerprint density at radius 2 is 0.776 bits per heavy atom. The Bertz CT molecular complexity index is 2040. The van der Waals surface area contributed by atoms with Crippen molar-refractivity contribution in [1.82, 2.24) is 0 Å². The second kappa shape index (κ2) is 19.1. The summed E-state index contributed by atoms with van der Waals surface area (Å²) in [6.45, 7) is 41.6. The normalized spacial score (nSPS) is 13.3. The van der Waals surface area contributed by atoms with Crippen LogP contribution in [0.1, 0.15) is 176 Å². The zero-order valence-electron chi connectivity index (χ0n) is 39.3. The van der Waals surface area contributed by atoms with Crippen molar-refractivity contribution in [2.75, 3.05) is 0 Å². The van der Waals surface area contributed by atoms with Gasteiger partial charge < -0.3 is 0 Å². The van der Waals surface area contributed by atoms with E-state index < -0.39 is 0 Å². The summed E-state index contributed by atoms with van der Waals surface area (Å²) in [6, 6.07) is 30.4. The predicted molar refractivity (Wildman–Crippen MR) is 261 cm³/mol. The van der Waals surface area contributed by atoms with E-state index in [9.17, 15) is 0 Å². The van der Waals surface area contributed by atoms with Crippen LogP contribution in [-0.4, -0.2) is 3.21 Å². The average Bonchev–Trinajstić information content (AvgIpc) is 3.77. The monoisotopic (exact) mass is 894 g/mol. The first-order valence-electron chi connectivity index (χ1n) is 20.7. The first kappa shape index (κ1) is 51.7. The van der Waals surface area contributed by atoms with E-state index in [0.29, 0.717) is 0 Å². The van der Waals surface area contributed by atoms with Gasteiger partial charge in [0.1, 0.15) is 0 Å². The quantitative estimate of drug-likeness (QED) is 0.155. The van der Waals surface area contributed by atoms with Crippen molar-refractivity contribution in [2.24, 2.45) is 0 Å². The standard InChI is InChI=1S/C29H41.C21H26.C5H5.2ClH.Zr/c1-26(2,3)22-14-18-13-19-15-23(27(4,5)6)25(29(10,11)12)17-21(19)20(18)16-24(22)28(7,8)9;1-20(2,3)18-11-7-16(8-12-18)15-17-9-13-19(14-10-17)21(4,5)6;1-2-4-5-3-1;;;/h13-17H,1-12H3;7-14H,1-6H3;1-3H,4H2;2*1H;/q-1;;-1;;;+2. The molecule has 0 unspecified atom stereocenters. The molecular formula is C55H74Cl2Zr. The number of allylic oxidation sites excluding steroid dienone is 4. The van der Waals surface area contributed by atoms with Gasteiger partial charge in [-0.15, -0.1) is 71.0 Å². The van der Waals surface area contributed by atoms with E-state index >= 15 is 0 Å². The molecule has 0 N–H and O–H groups in total. The molecule has 3 heteroatoms. The van der Waals surface area contributed by atoms with Crippen LogP contribution in [0.3, 0.4) is 0 Å². The maximum atomic E-state index is 2.99. The van der Waals surface area contributed by atoms with E-state index in [4.69, 9.17) is 0 Å². The van der Waals surface area contributed by atoms with Crippen molar-refractivity contribution in [1.29, 1.82) is 0 Å². The fraction of sp³-hybridized carbons (Fsp3) is 0.455. The van der Waals surface area contributed by atoms with Crippen LogP contribution >= 0.6 is 24.8 Å². The molecule has 5 aromatic rings. The van der Waals surface area contributed by atoms with Gasteiger partial charge in [-0.2, -0.15) is 6.08 Å². The number of fused-ring (bicyclic) bond motifs is 3. The van der Waals surface area contributed by atoms with E-state index in [1.54, 1.807) is 0 Å². The van der Waals surface area contributed by atoms with Crippen LogP contribution in [0, 0.1) is 6.08 Å². The first-order valence-corrected chi connectivity index (χ1v) is 22.0. The number of benzene rings is 4. The van der Waals surface area contributed by atoms with E-state index in [1.807, 2.05) is 12.2 Å². The first-order chi connectivity index (χ1) is 25.5. The molecule has 1 aliphatic rings. The van der Waals surface area contributed by atoms with Crippen molar-refractivity contribution >= 4 is 49.6 Å². The van der Waals surface area contributed by atoms with E-state index in [-0.39, 0.29) is 57.3 Å². The molecule has 312 valence electrons. The van der Waals surface area contributed by atoms with Gasteiger partial charge in [0.2, 0.25) is 0 Å². The molecule has 0 heterocycles. The molecule has 0 amide bonds. The Balaban J connectivity index is 0.000000354. The molecule has 0 aliphatic heterocycles. The molecule has 5 aromatic carbocycles. The number of hydrogen-bond acceptors (Lipinski definition) is 0. The van der Waals surface area contributed by atoms with Crippen LogP contribution in [0.25, 0.3) is 21.5 Å². The van der Waals surface area contributed by atoms with Gasteiger partial charge in [0.15, 0.2) is 0 Å². The van der Waals surface area contributed by atoms with Crippen molar-refractivity contribution < 1.29 is 24.2 Å². The van der Waals surface area contributed by atoms with Crippen molar-refractivity contribution in [3.8, 4) is 0 Å². The Hall–Kier alpha value is -2.44. The molecule has 0 radical (unpaired) electrons. The number of hydrogen-bond donors (Lipinski definition) is 0. The van der Waals surface area contributed by atoms with Crippen LogP contribution in [0.4, 0.5) is 0 Å². The fourth-order valence-corrected chi connectivity index (χ4v) is 8.19. The van der Waals surface area contributed by atoms with Gasteiger partial charge >= 0.3 is 151 Å². The summed E-state index contributed by atoms with van der Waals surface area (Å²) in [4.78, 5) is 0.